The fourth-order valence-corrected chi connectivity index (χ4v) is 1.49. The summed E-state index contributed by atoms with van der Waals surface area (Å²) in [6, 6.07) is 0. The highest BCUT2D eigenvalue weighted by atomic mass is 16.5. The van der Waals surface area contributed by atoms with Crippen LogP contribution in [0.2, 0.25) is 0 Å². The Balaban J connectivity index is 2.00. The van der Waals surface area contributed by atoms with Crippen molar-refractivity contribution in [3.05, 3.63) is 0 Å². The van der Waals surface area contributed by atoms with E-state index in [1.54, 1.807) is 0 Å². The fourth-order valence-electron chi connectivity index (χ4n) is 1.49. The van der Waals surface area contributed by atoms with E-state index in [1.165, 1.54) is 0 Å². The predicted molar refractivity (Wildman–Crippen MR) is 60.5 cm³/mol. The van der Waals surface area contributed by atoms with Crippen molar-refractivity contribution in [2.24, 2.45) is 5.92 Å². The standard InChI is InChI=1S/C12H22O4/c1-12(2,3)16-7-6-15-9-11(13)10-4-5-14-8-10/h10H,4-9H2,1-3H3. The van der Waals surface area contributed by atoms with Crippen LogP contribution in [0.25, 0.3) is 0 Å². The molecule has 0 N–H and O–H groups in total. The number of carbonyl (C=O) groups is 1. The van der Waals surface area contributed by atoms with Crippen LogP contribution in [-0.2, 0) is 19.0 Å². The molecule has 0 aromatic heterocycles. The molecule has 0 radical (unpaired) electrons. The first kappa shape index (κ1) is 13.6. The molecule has 1 unspecified atom stereocenters. The Hall–Kier alpha value is -0.450. The van der Waals surface area contributed by atoms with Crippen LogP contribution in [0, 0.1) is 5.92 Å². The lowest BCUT2D eigenvalue weighted by atomic mass is 10.0. The summed E-state index contributed by atoms with van der Waals surface area (Å²) in [4.78, 5) is 11.6. The van der Waals surface area contributed by atoms with Crippen molar-refractivity contribution in [2.75, 3.05) is 33.0 Å². The van der Waals surface area contributed by atoms with Crippen molar-refractivity contribution >= 4 is 5.78 Å². The monoisotopic (exact) mass is 230 g/mol. The van der Waals surface area contributed by atoms with Gasteiger partial charge in [-0.3, -0.25) is 4.79 Å². The minimum atomic E-state index is -0.146. The summed E-state index contributed by atoms with van der Waals surface area (Å²) in [7, 11) is 0. The highest BCUT2D eigenvalue weighted by Crippen LogP contribution is 2.13. The van der Waals surface area contributed by atoms with Crippen LogP contribution in [0.15, 0.2) is 0 Å². The Labute approximate surface area is 97.2 Å². The molecule has 0 saturated carbocycles. The Morgan fingerprint density at radius 3 is 2.69 bits per heavy atom. The average molecular weight is 230 g/mol. The van der Waals surface area contributed by atoms with E-state index in [-0.39, 0.29) is 23.9 Å². The number of ketones is 1. The second-order valence-electron chi connectivity index (χ2n) is 5.04. The van der Waals surface area contributed by atoms with E-state index < -0.39 is 0 Å². The molecule has 0 aromatic carbocycles. The van der Waals surface area contributed by atoms with Crippen molar-refractivity contribution < 1.29 is 19.0 Å². The smallest absolute Gasteiger partial charge is 0.163 e. The molecule has 1 aliphatic heterocycles. The SMILES string of the molecule is CC(C)(C)OCCOCC(=O)C1CCOC1. The zero-order valence-electron chi connectivity index (χ0n) is 10.5. The molecule has 94 valence electrons. The van der Waals surface area contributed by atoms with Gasteiger partial charge in [0.1, 0.15) is 6.61 Å². The van der Waals surface area contributed by atoms with Crippen LogP contribution in [0.4, 0.5) is 0 Å². The number of ether oxygens (including phenoxy) is 3. The van der Waals surface area contributed by atoms with Gasteiger partial charge in [0.25, 0.3) is 0 Å². The molecule has 1 aliphatic rings. The Morgan fingerprint density at radius 1 is 1.38 bits per heavy atom. The molecule has 0 aromatic rings. The van der Waals surface area contributed by atoms with Gasteiger partial charge >= 0.3 is 0 Å². The lowest BCUT2D eigenvalue weighted by molar-refractivity contribution is -0.128. The van der Waals surface area contributed by atoms with E-state index in [9.17, 15) is 4.79 Å². The average Bonchev–Trinajstić information content (AvgIpc) is 2.67. The molecule has 1 fully saturated rings. The van der Waals surface area contributed by atoms with Gasteiger partial charge in [0.15, 0.2) is 5.78 Å². The zero-order valence-corrected chi connectivity index (χ0v) is 10.5. The third-order valence-corrected chi connectivity index (χ3v) is 2.39. The molecule has 1 heterocycles. The molecule has 16 heavy (non-hydrogen) atoms. The molecular formula is C12H22O4. The third-order valence-electron chi connectivity index (χ3n) is 2.39. The second-order valence-corrected chi connectivity index (χ2v) is 5.04. The quantitative estimate of drug-likeness (QED) is 0.647. The largest absolute Gasteiger partial charge is 0.381 e. The van der Waals surface area contributed by atoms with Gasteiger partial charge in [-0.15, -0.1) is 0 Å². The van der Waals surface area contributed by atoms with E-state index in [1.807, 2.05) is 20.8 Å². The molecule has 4 nitrogen and oxygen atoms in total. The van der Waals surface area contributed by atoms with Crippen molar-refractivity contribution in [3.8, 4) is 0 Å². The lowest BCUT2D eigenvalue weighted by Crippen LogP contribution is -2.24. The van der Waals surface area contributed by atoms with Crippen LogP contribution in [-0.4, -0.2) is 44.4 Å². The van der Waals surface area contributed by atoms with Crippen LogP contribution in [0.1, 0.15) is 27.2 Å². The molecular weight excluding hydrogens is 208 g/mol. The summed E-state index contributed by atoms with van der Waals surface area (Å²) in [6.07, 6.45) is 0.834. The van der Waals surface area contributed by atoms with Crippen molar-refractivity contribution in [1.29, 1.82) is 0 Å². The topological polar surface area (TPSA) is 44.8 Å². The van der Waals surface area contributed by atoms with Gasteiger partial charge in [-0.2, -0.15) is 0 Å². The van der Waals surface area contributed by atoms with Gasteiger partial charge in [0, 0.05) is 12.5 Å². The van der Waals surface area contributed by atoms with Gasteiger partial charge in [0.2, 0.25) is 0 Å². The van der Waals surface area contributed by atoms with Gasteiger partial charge in [0.05, 0.1) is 25.4 Å². The number of carbonyl (C=O) groups excluding carboxylic acids is 1. The summed E-state index contributed by atoms with van der Waals surface area (Å²) >= 11 is 0. The summed E-state index contributed by atoms with van der Waals surface area (Å²) in [5.74, 6) is 0.191. The molecule has 1 atom stereocenters. The van der Waals surface area contributed by atoms with E-state index in [0.717, 1.165) is 6.42 Å². The summed E-state index contributed by atoms with van der Waals surface area (Å²) in [5.41, 5.74) is -0.146. The molecule has 4 heteroatoms. The van der Waals surface area contributed by atoms with E-state index in [4.69, 9.17) is 14.2 Å². The maximum absolute atomic E-state index is 11.6. The molecule has 0 amide bonds. The lowest BCUT2D eigenvalue weighted by Gasteiger charge is -2.19. The fraction of sp³-hybridized carbons (Fsp3) is 0.917. The maximum Gasteiger partial charge on any atom is 0.163 e. The first-order valence-electron chi connectivity index (χ1n) is 5.81. The Kier molecular flexibility index (Phi) is 5.38. The van der Waals surface area contributed by atoms with Gasteiger partial charge in [-0.1, -0.05) is 0 Å². The normalized spacial score (nSPS) is 21.3. The predicted octanol–water partition coefficient (Wildman–Crippen LogP) is 1.42. The highest BCUT2D eigenvalue weighted by molar-refractivity contribution is 5.82. The van der Waals surface area contributed by atoms with Crippen LogP contribution in [0.3, 0.4) is 0 Å². The number of rotatable bonds is 6. The zero-order chi connectivity index (χ0) is 12.0. The minimum absolute atomic E-state index is 0.0449. The van der Waals surface area contributed by atoms with Crippen LogP contribution < -0.4 is 0 Å². The first-order chi connectivity index (χ1) is 7.49. The van der Waals surface area contributed by atoms with Gasteiger partial charge in [-0.25, -0.2) is 0 Å². The van der Waals surface area contributed by atoms with Gasteiger partial charge in [-0.05, 0) is 27.2 Å². The molecule has 1 saturated heterocycles. The number of hydrogen-bond donors (Lipinski definition) is 0. The summed E-state index contributed by atoms with van der Waals surface area (Å²) < 4.78 is 15.9. The summed E-state index contributed by atoms with van der Waals surface area (Å²) in [5, 5.41) is 0. The third kappa shape index (κ3) is 5.58. The first-order valence-corrected chi connectivity index (χ1v) is 5.81. The Bertz CT molecular complexity index is 214. The molecule has 0 spiro atoms. The van der Waals surface area contributed by atoms with Crippen LogP contribution >= 0.6 is 0 Å². The molecule has 1 rings (SSSR count). The van der Waals surface area contributed by atoms with Crippen LogP contribution in [0.5, 0.6) is 0 Å². The van der Waals surface area contributed by atoms with E-state index in [2.05, 4.69) is 0 Å². The highest BCUT2D eigenvalue weighted by Gasteiger charge is 2.23. The number of Topliss-reactive ketones (excluding diaryl/α,β-unsaturated/α-hetero) is 1. The van der Waals surface area contributed by atoms with E-state index in [0.29, 0.717) is 26.4 Å². The van der Waals surface area contributed by atoms with E-state index >= 15 is 0 Å². The van der Waals surface area contributed by atoms with Crippen molar-refractivity contribution in [1.82, 2.24) is 0 Å². The minimum Gasteiger partial charge on any atom is -0.381 e. The van der Waals surface area contributed by atoms with Crippen molar-refractivity contribution in [2.45, 2.75) is 32.8 Å². The number of hydrogen-bond acceptors (Lipinski definition) is 4. The van der Waals surface area contributed by atoms with Crippen molar-refractivity contribution in [3.63, 3.8) is 0 Å². The maximum atomic E-state index is 11.6. The van der Waals surface area contributed by atoms with Gasteiger partial charge < -0.3 is 14.2 Å². The molecule has 0 aliphatic carbocycles. The Morgan fingerprint density at radius 2 is 2.12 bits per heavy atom. The molecule has 0 bridgehead atoms. The second kappa shape index (κ2) is 6.33. The summed E-state index contributed by atoms with van der Waals surface area (Å²) in [6.45, 7) is 8.41.